The normalized spacial score (nSPS) is 12.9. The monoisotopic (exact) mass is 644 g/mol. The summed E-state index contributed by atoms with van der Waals surface area (Å²) in [6, 6.07) is 26.1. The minimum Gasteiger partial charge on any atom is -0.337 e. The Morgan fingerprint density at radius 1 is 0.400 bits per heavy atom. The molecule has 6 heterocycles. The van der Waals surface area contributed by atoms with Crippen LogP contribution >= 0.6 is 0 Å². The van der Waals surface area contributed by atoms with Crippen molar-refractivity contribution >= 4 is 77.2 Å². The van der Waals surface area contributed by atoms with E-state index in [2.05, 4.69) is 29.9 Å². The molecule has 0 saturated carbocycles. The fourth-order valence-electron chi connectivity index (χ4n) is 7.41. The second-order valence-electron chi connectivity index (χ2n) is 12.4. The fraction of sp³-hybridized carbons (Fsp3) is 0. The lowest BCUT2D eigenvalue weighted by molar-refractivity contribution is 0.0979. The fourth-order valence-corrected chi connectivity index (χ4v) is 7.41. The van der Waals surface area contributed by atoms with E-state index >= 15 is 0 Å². The number of ketones is 2. The van der Waals surface area contributed by atoms with E-state index in [0.717, 1.165) is 65.7 Å². The van der Waals surface area contributed by atoms with Crippen molar-refractivity contribution in [3.8, 4) is 22.8 Å². The molecule has 0 fully saturated rings. The number of fused-ring (bicyclic) bond motifs is 14. The van der Waals surface area contributed by atoms with E-state index in [1.54, 1.807) is 49.1 Å². The zero-order valence-corrected chi connectivity index (χ0v) is 25.9. The molecule has 4 aromatic carbocycles. The molecule has 11 rings (SSSR count). The molecular weight excluding hydrogens is 624 g/mol. The number of aromatic amines is 2. The number of nitrogens with zero attached hydrogens (tertiary/aromatic N) is 6. The van der Waals surface area contributed by atoms with Gasteiger partial charge in [-0.05, 0) is 72.8 Å². The van der Waals surface area contributed by atoms with Gasteiger partial charge in [0.05, 0.1) is 44.1 Å². The highest BCUT2D eigenvalue weighted by Crippen LogP contribution is 2.37. The number of imidazole rings is 2. The topological polar surface area (TPSA) is 143 Å². The first kappa shape index (κ1) is 26.8. The molecule has 1 aliphatic rings. The third kappa shape index (κ3) is 3.56. The SMILES string of the molecule is O=C1c2ccc(-c3nc4c5cccnc5c5ncccc5c4[nH]3)cc2C(=O)c2ccc(-c3nc4c5cccnc5c5ncccc5c4[nH]3)cc21. The van der Waals surface area contributed by atoms with Gasteiger partial charge >= 0.3 is 0 Å². The average molecular weight is 645 g/mol. The molecule has 0 aliphatic heterocycles. The van der Waals surface area contributed by atoms with E-state index in [-0.39, 0.29) is 11.6 Å². The quantitative estimate of drug-likeness (QED) is 0.182. The van der Waals surface area contributed by atoms with Crippen molar-refractivity contribution in [2.45, 2.75) is 0 Å². The van der Waals surface area contributed by atoms with Gasteiger partial charge in [-0.2, -0.15) is 0 Å². The zero-order valence-electron chi connectivity index (χ0n) is 25.9. The van der Waals surface area contributed by atoms with Gasteiger partial charge in [0.2, 0.25) is 0 Å². The van der Waals surface area contributed by atoms with Gasteiger partial charge in [-0.3, -0.25) is 29.5 Å². The minimum absolute atomic E-state index is 0.220. The van der Waals surface area contributed by atoms with Gasteiger partial charge < -0.3 is 9.97 Å². The highest BCUT2D eigenvalue weighted by molar-refractivity contribution is 6.29. The number of rotatable bonds is 2. The molecule has 10 nitrogen and oxygen atoms in total. The van der Waals surface area contributed by atoms with Gasteiger partial charge in [-0.25, -0.2) is 9.97 Å². The molecule has 0 atom stereocenters. The van der Waals surface area contributed by atoms with Crippen molar-refractivity contribution in [2.75, 3.05) is 0 Å². The summed E-state index contributed by atoms with van der Waals surface area (Å²) in [5.41, 5.74) is 9.08. The van der Waals surface area contributed by atoms with Crippen molar-refractivity contribution < 1.29 is 9.59 Å². The van der Waals surface area contributed by atoms with Crippen LogP contribution in [0.4, 0.5) is 0 Å². The van der Waals surface area contributed by atoms with E-state index in [1.807, 2.05) is 60.7 Å². The zero-order chi connectivity index (χ0) is 33.1. The highest BCUT2D eigenvalue weighted by Gasteiger charge is 2.31. The van der Waals surface area contributed by atoms with E-state index in [9.17, 15) is 9.59 Å². The Balaban J connectivity index is 1.02. The van der Waals surface area contributed by atoms with Crippen LogP contribution in [0.5, 0.6) is 0 Å². The van der Waals surface area contributed by atoms with Crippen LogP contribution in [0.15, 0.2) is 110 Å². The number of nitrogens with one attached hydrogen (secondary N) is 2. The first-order valence-corrected chi connectivity index (χ1v) is 16.0. The summed E-state index contributed by atoms with van der Waals surface area (Å²) in [6.45, 7) is 0. The molecule has 6 aromatic heterocycles. The molecule has 1 aliphatic carbocycles. The van der Waals surface area contributed by atoms with E-state index in [0.29, 0.717) is 45.0 Å². The second-order valence-corrected chi connectivity index (χ2v) is 12.4. The molecule has 10 aromatic rings. The molecule has 50 heavy (non-hydrogen) atoms. The van der Waals surface area contributed by atoms with Crippen LogP contribution in [0.25, 0.3) is 88.5 Å². The van der Waals surface area contributed by atoms with Gasteiger partial charge in [-0.15, -0.1) is 0 Å². The third-order valence-electron chi connectivity index (χ3n) is 9.70. The Labute approximate surface area is 280 Å². The molecule has 232 valence electrons. The van der Waals surface area contributed by atoms with Gasteiger partial charge in [-0.1, -0.05) is 12.1 Å². The number of carbonyl (C=O) groups excluding carboxylic acids is 2. The molecule has 2 N–H and O–H groups in total. The Hall–Kier alpha value is -7.20. The number of carbonyl (C=O) groups is 2. The number of pyridine rings is 4. The summed E-state index contributed by atoms with van der Waals surface area (Å²) in [5.74, 6) is 0.728. The first-order chi connectivity index (χ1) is 24.6. The van der Waals surface area contributed by atoms with Crippen LogP contribution in [-0.2, 0) is 0 Å². The lowest BCUT2D eigenvalue weighted by Gasteiger charge is -2.18. The second kappa shape index (κ2) is 9.68. The van der Waals surface area contributed by atoms with Crippen molar-refractivity contribution in [2.24, 2.45) is 0 Å². The number of hydrogen-bond donors (Lipinski definition) is 2. The summed E-state index contributed by atoms with van der Waals surface area (Å²) >= 11 is 0. The minimum atomic E-state index is -0.220. The maximum Gasteiger partial charge on any atom is 0.194 e. The van der Waals surface area contributed by atoms with E-state index in [1.165, 1.54) is 0 Å². The van der Waals surface area contributed by atoms with Crippen molar-refractivity contribution in [1.82, 2.24) is 39.9 Å². The average Bonchev–Trinajstić information content (AvgIpc) is 3.84. The third-order valence-corrected chi connectivity index (χ3v) is 9.70. The van der Waals surface area contributed by atoms with Crippen LogP contribution in [0.2, 0.25) is 0 Å². The molecule has 0 unspecified atom stereocenters. The molecular formula is C40H20N8O2. The van der Waals surface area contributed by atoms with E-state index in [4.69, 9.17) is 9.97 Å². The van der Waals surface area contributed by atoms with Crippen LogP contribution in [-0.4, -0.2) is 51.4 Å². The summed E-state index contributed by atoms with van der Waals surface area (Å²) in [5, 5.41) is 3.56. The van der Waals surface area contributed by atoms with Gasteiger partial charge in [0.25, 0.3) is 0 Å². The smallest absolute Gasteiger partial charge is 0.194 e. The predicted molar refractivity (Wildman–Crippen MR) is 191 cm³/mol. The molecule has 10 heteroatoms. The summed E-state index contributed by atoms with van der Waals surface area (Å²) < 4.78 is 0. The number of H-pyrrole nitrogens is 2. The summed E-state index contributed by atoms with van der Waals surface area (Å²) in [7, 11) is 0. The van der Waals surface area contributed by atoms with E-state index < -0.39 is 0 Å². The first-order valence-electron chi connectivity index (χ1n) is 16.0. The van der Waals surface area contributed by atoms with Crippen molar-refractivity contribution in [3.63, 3.8) is 0 Å². The van der Waals surface area contributed by atoms with Gasteiger partial charge in [0.1, 0.15) is 11.6 Å². The largest absolute Gasteiger partial charge is 0.337 e. The Kier molecular flexibility index (Phi) is 5.19. The maximum absolute atomic E-state index is 14.0. The summed E-state index contributed by atoms with van der Waals surface area (Å²) in [6.07, 6.45) is 7.00. The van der Waals surface area contributed by atoms with Gasteiger partial charge in [0.15, 0.2) is 11.6 Å². The molecule has 0 amide bonds. The van der Waals surface area contributed by atoms with Crippen molar-refractivity contribution in [1.29, 1.82) is 0 Å². The number of benzene rings is 4. The van der Waals surface area contributed by atoms with Crippen LogP contribution in [0, 0.1) is 0 Å². The Bertz CT molecular complexity index is 2800. The van der Waals surface area contributed by atoms with Crippen LogP contribution < -0.4 is 0 Å². The molecule has 0 radical (unpaired) electrons. The molecule has 0 spiro atoms. The van der Waals surface area contributed by atoms with Crippen molar-refractivity contribution in [3.05, 3.63) is 132 Å². The lowest BCUT2D eigenvalue weighted by atomic mass is 9.82. The van der Waals surface area contributed by atoms with Crippen LogP contribution in [0.1, 0.15) is 31.8 Å². The maximum atomic E-state index is 14.0. The molecule has 0 bridgehead atoms. The number of hydrogen-bond acceptors (Lipinski definition) is 8. The van der Waals surface area contributed by atoms with Crippen LogP contribution in [0.3, 0.4) is 0 Å². The predicted octanol–water partition coefficient (Wildman–Crippen LogP) is 7.74. The molecule has 0 saturated heterocycles. The Morgan fingerprint density at radius 2 is 0.780 bits per heavy atom. The number of aromatic nitrogens is 8. The standard InChI is InChI=1S/C40H20N8O2/c49-37-22-12-10-20(40-47-35-25-7-3-15-43-31(25)32-26(36(35)48-40)8-4-16-44-32)18-28(22)38(50)21-11-9-19(17-27(21)37)39-45-33-23-5-1-13-41-29(23)30-24(34(33)46-39)6-2-14-42-30/h1-18H,(H,45,46)(H,47,48). The summed E-state index contributed by atoms with van der Waals surface area (Å²) in [4.78, 5) is 63.2. The lowest BCUT2D eigenvalue weighted by Crippen LogP contribution is -2.21. The highest BCUT2D eigenvalue weighted by atomic mass is 16.1. The van der Waals surface area contributed by atoms with Gasteiger partial charge in [0, 0.05) is 79.7 Å². The Morgan fingerprint density at radius 3 is 1.20 bits per heavy atom.